The summed E-state index contributed by atoms with van der Waals surface area (Å²) in [6.07, 6.45) is 6.01. The highest BCUT2D eigenvalue weighted by atomic mass is 35.5. The first-order valence-electron chi connectivity index (χ1n) is 10.1. The predicted octanol–water partition coefficient (Wildman–Crippen LogP) is 2.76. The first kappa shape index (κ1) is 20.2. The minimum absolute atomic E-state index is 0. The van der Waals surface area contributed by atoms with Crippen molar-refractivity contribution in [3.8, 4) is 0 Å². The molecule has 2 heterocycles. The lowest BCUT2D eigenvalue weighted by Crippen LogP contribution is -2.44. The Morgan fingerprint density at radius 2 is 1.70 bits per heavy atom. The van der Waals surface area contributed by atoms with E-state index in [-0.39, 0.29) is 36.1 Å². The summed E-state index contributed by atoms with van der Waals surface area (Å²) in [7, 11) is 0. The van der Waals surface area contributed by atoms with Gasteiger partial charge in [-0.25, -0.2) is 0 Å². The van der Waals surface area contributed by atoms with Crippen LogP contribution in [0.1, 0.15) is 55.2 Å². The summed E-state index contributed by atoms with van der Waals surface area (Å²) < 4.78 is 0. The second-order valence-electron chi connectivity index (χ2n) is 7.95. The van der Waals surface area contributed by atoms with Crippen LogP contribution in [0.25, 0.3) is 0 Å². The number of hydrogen-bond donors (Lipinski definition) is 2. The molecule has 2 fully saturated rings. The Hall–Kier alpha value is -1.59. The van der Waals surface area contributed by atoms with Gasteiger partial charge in [-0.3, -0.25) is 9.59 Å². The highest BCUT2D eigenvalue weighted by Gasteiger charge is 2.38. The van der Waals surface area contributed by atoms with Gasteiger partial charge < -0.3 is 15.5 Å². The van der Waals surface area contributed by atoms with Crippen molar-refractivity contribution < 1.29 is 9.59 Å². The quantitative estimate of drug-likeness (QED) is 0.829. The number of fused-ring (bicyclic) bond motifs is 1. The number of carbonyl (C=O) groups excluding carboxylic acids is 2. The number of halogens is 1. The molecular weight excluding hydrogens is 362 g/mol. The summed E-state index contributed by atoms with van der Waals surface area (Å²) in [4.78, 5) is 27.7. The van der Waals surface area contributed by atoms with Gasteiger partial charge in [0.2, 0.25) is 11.8 Å². The molecule has 1 saturated heterocycles. The van der Waals surface area contributed by atoms with Crippen LogP contribution in [0.15, 0.2) is 18.2 Å². The molecule has 2 atom stereocenters. The number of amides is 2. The summed E-state index contributed by atoms with van der Waals surface area (Å²) in [6.45, 7) is 4.13. The Balaban J connectivity index is 0.00000210. The average Bonchev–Trinajstić information content (AvgIpc) is 3.36. The lowest BCUT2D eigenvalue weighted by atomic mass is 9.78. The summed E-state index contributed by atoms with van der Waals surface area (Å²) >= 11 is 0. The summed E-state index contributed by atoms with van der Waals surface area (Å²) in [6, 6.07) is 6.43. The standard InChI is InChI=1S/C21H29N3O2.ClH/c25-20(23-12-15-7-8-16-13-22-14-17(16)11-15)18-5-1-2-6-19(18)21(26)24-9-3-4-10-24;/h7-8,11,18-19,22H,1-6,9-10,12-14H2,(H,23,25);1H. The molecule has 27 heavy (non-hydrogen) atoms. The van der Waals surface area contributed by atoms with Crippen molar-refractivity contribution in [1.82, 2.24) is 15.5 Å². The highest BCUT2D eigenvalue weighted by Crippen LogP contribution is 2.32. The van der Waals surface area contributed by atoms with Gasteiger partial charge in [-0.1, -0.05) is 31.0 Å². The third kappa shape index (κ3) is 4.46. The molecule has 4 rings (SSSR count). The number of nitrogens with one attached hydrogen (secondary N) is 2. The molecule has 0 radical (unpaired) electrons. The van der Waals surface area contributed by atoms with Gasteiger partial charge in [-0.15, -0.1) is 12.4 Å². The molecule has 148 valence electrons. The van der Waals surface area contributed by atoms with Gasteiger partial charge in [-0.2, -0.15) is 0 Å². The Kier molecular flexibility index (Phi) is 6.77. The minimum Gasteiger partial charge on any atom is -0.352 e. The Bertz CT molecular complexity index is 688. The maximum absolute atomic E-state index is 12.9. The molecule has 2 unspecified atom stereocenters. The van der Waals surface area contributed by atoms with Gasteiger partial charge in [0.1, 0.15) is 0 Å². The predicted molar refractivity (Wildman–Crippen MR) is 107 cm³/mol. The minimum atomic E-state index is -0.159. The first-order chi connectivity index (χ1) is 12.7. The van der Waals surface area contributed by atoms with Gasteiger partial charge in [0.15, 0.2) is 0 Å². The van der Waals surface area contributed by atoms with Crippen LogP contribution in [0.2, 0.25) is 0 Å². The van der Waals surface area contributed by atoms with Crippen molar-refractivity contribution in [2.45, 2.75) is 58.2 Å². The van der Waals surface area contributed by atoms with E-state index in [1.54, 1.807) is 0 Å². The number of likely N-dealkylation sites (tertiary alicyclic amines) is 1. The number of rotatable bonds is 4. The largest absolute Gasteiger partial charge is 0.352 e. The van der Waals surface area contributed by atoms with E-state index in [4.69, 9.17) is 0 Å². The Morgan fingerprint density at radius 3 is 2.48 bits per heavy atom. The molecule has 0 aromatic heterocycles. The number of carbonyl (C=O) groups is 2. The van der Waals surface area contributed by atoms with Gasteiger partial charge in [-0.05, 0) is 42.4 Å². The van der Waals surface area contributed by atoms with Crippen LogP contribution >= 0.6 is 12.4 Å². The smallest absolute Gasteiger partial charge is 0.226 e. The van der Waals surface area contributed by atoms with E-state index in [2.05, 4.69) is 28.8 Å². The van der Waals surface area contributed by atoms with Gasteiger partial charge in [0.25, 0.3) is 0 Å². The molecule has 0 bridgehead atoms. The van der Waals surface area contributed by atoms with E-state index >= 15 is 0 Å². The van der Waals surface area contributed by atoms with Gasteiger partial charge in [0, 0.05) is 44.6 Å². The number of hydrogen-bond acceptors (Lipinski definition) is 3. The summed E-state index contributed by atoms with van der Waals surface area (Å²) in [5.74, 6) is -0.00848. The van der Waals surface area contributed by atoms with Crippen molar-refractivity contribution in [1.29, 1.82) is 0 Å². The second-order valence-corrected chi connectivity index (χ2v) is 7.95. The molecule has 1 aromatic rings. The fourth-order valence-electron chi connectivity index (χ4n) is 4.69. The lowest BCUT2D eigenvalue weighted by molar-refractivity contribution is -0.142. The molecule has 0 spiro atoms. The molecule has 1 saturated carbocycles. The molecule has 5 nitrogen and oxygen atoms in total. The van der Waals surface area contributed by atoms with Crippen LogP contribution in [-0.2, 0) is 29.2 Å². The maximum atomic E-state index is 12.9. The van der Waals surface area contributed by atoms with Gasteiger partial charge in [0.05, 0.1) is 0 Å². The van der Waals surface area contributed by atoms with E-state index in [1.165, 1.54) is 11.1 Å². The molecule has 1 aliphatic carbocycles. The lowest BCUT2D eigenvalue weighted by Gasteiger charge is -2.32. The van der Waals surface area contributed by atoms with Crippen molar-refractivity contribution in [3.05, 3.63) is 34.9 Å². The Morgan fingerprint density at radius 1 is 1.00 bits per heavy atom. The molecular formula is C21H30ClN3O2. The molecule has 2 aliphatic heterocycles. The van der Waals surface area contributed by atoms with Crippen LogP contribution < -0.4 is 10.6 Å². The van der Waals surface area contributed by atoms with Gasteiger partial charge >= 0.3 is 0 Å². The third-order valence-electron chi connectivity index (χ3n) is 6.21. The fraction of sp³-hybridized carbons (Fsp3) is 0.619. The molecule has 3 aliphatic rings. The summed E-state index contributed by atoms with van der Waals surface area (Å²) in [5.41, 5.74) is 3.82. The average molecular weight is 392 g/mol. The second kappa shape index (κ2) is 9.07. The normalized spacial score (nSPS) is 24.2. The van der Waals surface area contributed by atoms with Crippen LogP contribution in [0.3, 0.4) is 0 Å². The monoisotopic (exact) mass is 391 g/mol. The zero-order valence-corrected chi connectivity index (χ0v) is 16.7. The van der Waals surface area contributed by atoms with Crippen molar-refractivity contribution >= 4 is 24.2 Å². The van der Waals surface area contributed by atoms with Crippen molar-refractivity contribution in [2.75, 3.05) is 13.1 Å². The topological polar surface area (TPSA) is 61.4 Å². The number of benzene rings is 1. The van der Waals surface area contributed by atoms with E-state index in [0.717, 1.165) is 70.3 Å². The van der Waals surface area contributed by atoms with Crippen LogP contribution in [0.4, 0.5) is 0 Å². The molecule has 6 heteroatoms. The van der Waals surface area contributed by atoms with Crippen LogP contribution in [0.5, 0.6) is 0 Å². The van der Waals surface area contributed by atoms with Crippen LogP contribution in [-0.4, -0.2) is 29.8 Å². The maximum Gasteiger partial charge on any atom is 0.226 e. The SMILES string of the molecule is Cl.O=C(NCc1ccc2c(c1)CNC2)C1CCCCC1C(=O)N1CCCC1. The molecule has 2 amide bonds. The Labute approximate surface area is 167 Å². The zero-order valence-electron chi connectivity index (χ0n) is 15.8. The summed E-state index contributed by atoms with van der Waals surface area (Å²) in [5, 5.41) is 6.45. The first-order valence-corrected chi connectivity index (χ1v) is 10.1. The van der Waals surface area contributed by atoms with Crippen molar-refractivity contribution in [2.24, 2.45) is 11.8 Å². The highest BCUT2D eigenvalue weighted by molar-refractivity contribution is 5.88. The van der Waals surface area contributed by atoms with E-state index in [1.807, 2.05) is 4.90 Å². The van der Waals surface area contributed by atoms with Crippen molar-refractivity contribution in [3.63, 3.8) is 0 Å². The fourth-order valence-corrected chi connectivity index (χ4v) is 4.69. The van der Waals surface area contributed by atoms with Crippen LogP contribution in [0, 0.1) is 11.8 Å². The number of nitrogens with zero attached hydrogens (tertiary/aromatic N) is 1. The zero-order chi connectivity index (χ0) is 17.9. The van der Waals surface area contributed by atoms with E-state index in [9.17, 15) is 9.59 Å². The van der Waals surface area contributed by atoms with E-state index < -0.39 is 0 Å². The third-order valence-corrected chi connectivity index (χ3v) is 6.21. The molecule has 1 aromatic carbocycles. The van der Waals surface area contributed by atoms with E-state index in [0.29, 0.717) is 6.54 Å². The molecule has 2 N–H and O–H groups in total.